The van der Waals surface area contributed by atoms with Crippen LogP contribution in [0.5, 0.6) is 11.5 Å². The molecule has 1 aromatic heterocycles. The van der Waals surface area contributed by atoms with E-state index in [1.165, 1.54) is 0 Å². The zero-order valence-electron chi connectivity index (χ0n) is 21.4. The van der Waals surface area contributed by atoms with Gasteiger partial charge in [0.2, 0.25) is 0 Å². The van der Waals surface area contributed by atoms with Crippen LogP contribution >= 0.6 is 0 Å². The highest BCUT2D eigenvalue weighted by Crippen LogP contribution is 2.25. The van der Waals surface area contributed by atoms with E-state index in [1.807, 2.05) is 68.4 Å². The van der Waals surface area contributed by atoms with Crippen molar-refractivity contribution < 1.29 is 14.3 Å². The molecule has 0 saturated carbocycles. The van der Waals surface area contributed by atoms with Gasteiger partial charge in [-0.2, -0.15) is 10.5 Å². The van der Waals surface area contributed by atoms with Gasteiger partial charge in [0.25, 0.3) is 5.91 Å². The molecule has 3 aromatic carbocycles. The Morgan fingerprint density at radius 3 is 2.32 bits per heavy atom. The molecule has 4 rings (SSSR count). The van der Waals surface area contributed by atoms with Gasteiger partial charge in [0.1, 0.15) is 29.7 Å². The van der Waals surface area contributed by atoms with Crippen LogP contribution in [0.15, 0.2) is 84.4 Å². The number of rotatable bonds is 8. The van der Waals surface area contributed by atoms with E-state index in [1.54, 1.807) is 43.5 Å². The van der Waals surface area contributed by atoms with E-state index < -0.39 is 5.91 Å². The van der Waals surface area contributed by atoms with Gasteiger partial charge in [0.05, 0.1) is 18.7 Å². The van der Waals surface area contributed by atoms with Crippen molar-refractivity contribution in [3.8, 4) is 29.3 Å². The summed E-state index contributed by atoms with van der Waals surface area (Å²) in [6, 6.07) is 28.0. The Bertz CT molecular complexity index is 1570. The minimum Gasteiger partial charge on any atom is -0.497 e. The van der Waals surface area contributed by atoms with Crippen LogP contribution < -0.4 is 14.8 Å². The van der Waals surface area contributed by atoms with E-state index in [0.717, 1.165) is 28.2 Å². The summed E-state index contributed by atoms with van der Waals surface area (Å²) < 4.78 is 13.1. The molecule has 0 unspecified atom stereocenters. The third-order valence-corrected chi connectivity index (χ3v) is 6.11. The monoisotopic (exact) mass is 502 g/mol. The van der Waals surface area contributed by atoms with Gasteiger partial charge in [-0.3, -0.25) is 4.79 Å². The Morgan fingerprint density at radius 2 is 1.66 bits per heavy atom. The zero-order chi connectivity index (χ0) is 27.1. The number of ether oxygens (including phenoxy) is 2. The van der Waals surface area contributed by atoms with E-state index in [2.05, 4.69) is 16.0 Å². The molecule has 7 nitrogen and oxygen atoms in total. The quantitative estimate of drug-likeness (QED) is 0.232. The van der Waals surface area contributed by atoms with E-state index in [9.17, 15) is 15.3 Å². The van der Waals surface area contributed by atoms with Crippen LogP contribution in [0.1, 0.15) is 28.1 Å². The highest BCUT2D eigenvalue weighted by Gasteiger charge is 2.14. The fraction of sp³-hybridized carbons (Fsp3) is 0.129. The summed E-state index contributed by atoms with van der Waals surface area (Å²) in [6.45, 7) is 4.21. The Morgan fingerprint density at radius 1 is 0.974 bits per heavy atom. The van der Waals surface area contributed by atoms with Crippen molar-refractivity contribution in [2.24, 2.45) is 0 Å². The minimum absolute atomic E-state index is 0.00228. The van der Waals surface area contributed by atoms with Gasteiger partial charge in [0, 0.05) is 28.3 Å². The van der Waals surface area contributed by atoms with Crippen LogP contribution in [0, 0.1) is 36.5 Å². The van der Waals surface area contributed by atoms with Crippen molar-refractivity contribution in [1.29, 1.82) is 10.5 Å². The predicted octanol–water partition coefficient (Wildman–Crippen LogP) is 6.10. The number of aromatic nitrogens is 1. The lowest BCUT2D eigenvalue weighted by Gasteiger charge is -2.12. The number of carbonyl (C=O) groups is 1. The molecule has 1 amide bonds. The van der Waals surface area contributed by atoms with Crippen LogP contribution in [0.4, 0.5) is 5.69 Å². The number of amides is 1. The van der Waals surface area contributed by atoms with Crippen molar-refractivity contribution in [2.75, 3.05) is 12.4 Å². The smallest absolute Gasteiger partial charge is 0.266 e. The number of carbonyl (C=O) groups excluding carboxylic acids is 1. The molecule has 0 aliphatic carbocycles. The number of anilines is 1. The Kier molecular flexibility index (Phi) is 7.91. The molecule has 0 saturated heterocycles. The molecule has 1 N–H and O–H groups in total. The van der Waals surface area contributed by atoms with Crippen molar-refractivity contribution in [1.82, 2.24) is 4.57 Å². The maximum absolute atomic E-state index is 12.7. The Hall–Kier alpha value is -5.27. The van der Waals surface area contributed by atoms with Crippen molar-refractivity contribution in [3.63, 3.8) is 0 Å². The number of nitrogens with zero attached hydrogens (tertiary/aromatic N) is 3. The molecular weight excluding hydrogens is 476 g/mol. The van der Waals surface area contributed by atoms with Gasteiger partial charge in [-0.15, -0.1) is 0 Å². The lowest BCUT2D eigenvalue weighted by Crippen LogP contribution is -2.13. The maximum atomic E-state index is 12.7. The molecule has 0 spiro atoms. The number of nitriles is 2. The minimum atomic E-state index is -0.484. The van der Waals surface area contributed by atoms with Gasteiger partial charge in [-0.1, -0.05) is 18.2 Å². The molecule has 0 aliphatic heterocycles. The summed E-state index contributed by atoms with van der Waals surface area (Å²) in [7, 11) is 1.57. The van der Waals surface area contributed by atoms with E-state index >= 15 is 0 Å². The molecule has 0 radical (unpaired) electrons. The first-order valence-corrected chi connectivity index (χ1v) is 11.9. The van der Waals surface area contributed by atoms with Gasteiger partial charge >= 0.3 is 0 Å². The standard InChI is InChI=1S/C31H26N4O3/c1-21-16-25(17-26(19-33)31(36)34-27-8-12-29(37-3)13-9-27)22(2)35(21)28-10-14-30(15-11-28)38-20-24-7-5-4-6-23(24)18-32/h4-17H,20H2,1-3H3,(H,34,36)/b26-17-. The third-order valence-electron chi connectivity index (χ3n) is 6.11. The van der Waals surface area contributed by atoms with E-state index in [0.29, 0.717) is 29.4 Å². The molecule has 7 heteroatoms. The fourth-order valence-corrected chi connectivity index (χ4v) is 4.12. The van der Waals surface area contributed by atoms with E-state index in [-0.39, 0.29) is 5.57 Å². The fourth-order valence-electron chi connectivity index (χ4n) is 4.12. The second kappa shape index (κ2) is 11.6. The zero-order valence-corrected chi connectivity index (χ0v) is 21.4. The average Bonchev–Trinajstić information content (AvgIpc) is 3.23. The lowest BCUT2D eigenvalue weighted by molar-refractivity contribution is -0.112. The highest BCUT2D eigenvalue weighted by atomic mass is 16.5. The second-order valence-corrected chi connectivity index (χ2v) is 8.57. The number of hydrogen-bond acceptors (Lipinski definition) is 5. The Labute approximate surface area is 221 Å². The topological polar surface area (TPSA) is 100 Å². The molecule has 38 heavy (non-hydrogen) atoms. The second-order valence-electron chi connectivity index (χ2n) is 8.57. The third kappa shape index (κ3) is 5.75. The molecule has 0 bridgehead atoms. The van der Waals surface area contributed by atoms with Gasteiger partial charge < -0.3 is 19.4 Å². The van der Waals surface area contributed by atoms with Crippen LogP contribution in [0.3, 0.4) is 0 Å². The lowest BCUT2D eigenvalue weighted by atomic mass is 10.1. The van der Waals surface area contributed by atoms with Gasteiger partial charge in [0.15, 0.2) is 0 Å². The van der Waals surface area contributed by atoms with Crippen LogP contribution in [-0.4, -0.2) is 17.6 Å². The average molecular weight is 503 g/mol. The number of aryl methyl sites for hydroxylation is 1. The summed E-state index contributed by atoms with van der Waals surface area (Å²) in [5.74, 6) is 0.878. The summed E-state index contributed by atoms with van der Waals surface area (Å²) in [5, 5.41) is 21.7. The predicted molar refractivity (Wildman–Crippen MR) is 146 cm³/mol. The summed E-state index contributed by atoms with van der Waals surface area (Å²) in [6.07, 6.45) is 1.60. The summed E-state index contributed by atoms with van der Waals surface area (Å²) in [4.78, 5) is 12.7. The molecule has 0 fully saturated rings. The van der Waals surface area contributed by atoms with Gasteiger partial charge in [-0.05, 0) is 86.2 Å². The first-order valence-electron chi connectivity index (χ1n) is 11.9. The molecule has 0 aliphatic rings. The molecular formula is C31H26N4O3. The summed E-state index contributed by atoms with van der Waals surface area (Å²) >= 11 is 0. The molecule has 0 atom stereocenters. The SMILES string of the molecule is COc1ccc(NC(=O)/C(C#N)=C\c2cc(C)n(-c3ccc(OCc4ccccc4C#N)cc3)c2C)cc1. The highest BCUT2D eigenvalue weighted by molar-refractivity contribution is 6.09. The summed E-state index contributed by atoms with van der Waals surface area (Å²) in [5.41, 5.74) is 5.54. The van der Waals surface area contributed by atoms with Crippen molar-refractivity contribution in [3.05, 3.63) is 113 Å². The van der Waals surface area contributed by atoms with E-state index in [4.69, 9.17) is 9.47 Å². The molecule has 1 heterocycles. The number of methoxy groups -OCH3 is 1. The Balaban J connectivity index is 1.50. The normalized spacial score (nSPS) is 10.8. The van der Waals surface area contributed by atoms with Crippen LogP contribution in [0.25, 0.3) is 11.8 Å². The number of hydrogen-bond donors (Lipinski definition) is 1. The van der Waals surface area contributed by atoms with Crippen LogP contribution in [-0.2, 0) is 11.4 Å². The number of benzene rings is 3. The largest absolute Gasteiger partial charge is 0.497 e. The molecule has 4 aromatic rings. The number of nitrogens with one attached hydrogen (secondary N) is 1. The van der Waals surface area contributed by atoms with Crippen LogP contribution in [0.2, 0.25) is 0 Å². The van der Waals surface area contributed by atoms with Gasteiger partial charge in [-0.25, -0.2) is 0 Å². The maximum Gasteiger partial charge on any atom is 0.266 e. The van der Waals surface area contributed by atoms with Crippen molar-refractivity contribution >= 4 is 17.7 Å². The first-order chi connectivity index (χ1) is 18.4. The van der Waals surface area contributed by atoms with Crippen molar-refractivity contribution in [2.45, 2.75) is 20.5 Å². The first kappa shape index (κ1) is 25.8. The molecule has 188 valence electrons.